The van der Waals surface area contributed by atoms with Crippen LogP contribution in [0.2, 0.25) is 0 Å². The van der Waals surface area contributed by atoms with E-state index >= 15 is 0 Å². The molecule has 1 fully saturated rings. The fourth-order valence-electron chi connectivity index (χ4n) is 3.06. The Bertz CT molecular complexity index is 716. The number of aromatic amines is 1. The molecule has 1 saturated heterocycles. The minimum Gasteiger partial charge on any atom is -0.305 e. The predicted molar refractivity (Wildman–Crippen MR) is 73.1 cm³/mol. The average Bonchev–Trinajstić information content (AvgIpc) is 2.74. The standard InChI is InChI=1S/C14H16F3N3O/c1-19-8-3-2-7-11(19)20-10-6-4-5-9(14(15,16)17)12(10)18-13(20)21/h4-6,11H,2-3,7-8H2,1H3,(H,18,21). The van der Waals surface area contributed by atoms with Crippen molar-refractivity contribution in [3.05, 3.63) is 34.2 Å². The maximum atomic E-state index is 13.0. The lowest BCUT2D eigenvalue weighted by Gasteiger charge is -2.33. The van der Waals surface area contributed by atoms with Gasteiger partial charge >= 0.3 is 11.9 Å². The molecule has 1 unspecified atom stereocenters. The highest BCUT2D eigenvalue weighted by Gasteiger charge is 2.34. The zero-order chi connectivity index (χ0) is 15.2. The molecule has 1 aliphatic rings. The largest absolute Gasteiger partial charge is 0.418 e. The maximum absolute atomic E-state index is 13.0. The van der Waals surface area contributed by atoms with Gasteiger partial charge in [0.05, 0.1) is 22.8 Å². The van der Waals surface area contributed by atoms with Gasteiger partial charge in [-0.2, -0.15) is 13.2 Å². The number of piperidine rings is 1. The fourth-order valence-corrected chi connectivity index (χ4v) is 3.06. The molecule has 0 spiro atoms. The predicted octanol–water partition coefficient (Wildman–Crippen LogP) is 2.96. The number of imidazole rings is 1. The number of hydrogen-bond acceptors (Lipinski definition) is 2. The summed E-state index contributed by atoms with van der Waals surface area (Å²) in [4.78, 5) is 16.6. The van der Waals surface area contributed by atoms with Gasteiger partial charge < -0.3 is 4.98 Å². The summed E-state index contributed by atoms with van der Waals surface area (Å²) in [5.41, 5.74) is -1.10. The van der Waals surface area contributed by atoms with Crippen LogP contribution in [0.15, 0.2) is 23.0 Å². The summed E-state index contributed by atoms with van der Waals surface area (Å²) in [5, 5.41) is 0. The lowest BCUT2D eigenvalue weighted by molar-refractivity contribution is -0.136. The summed E-state index contributed by atoms with van der Waals surface area (Å²) in [6, 6.07) is 3.90. The second kappa shape index (κ2) is 4.91. The molecule has 0 saturated carbocycles. The van der Waals surface area contributed by atoms with Crippen molar-refractivity contribution in [3.63, 3.8) is 0 Å². The number of para-hydroxylation sites is 1. The second-order valence-electron chi connectivity index (χ2n) is 5.45. The van der Waals surface area contributed by atoms with Crippen molar-refractivity contribution in [3.8, 4) is 0 Å². The van der Waals surface area contributed by atoms with Crippen molar-refractivity contribution >= 4 is 11.0 Å². The number of hydrogen-bond donors (Lipinski definition) is 1. The van der Waals surface area contributed by atoms with Crippen LogP contribution in [0.25, 0.3) is 11.0 Å². The molecule has 21 heavy (non-hydrogen) atoms. The number of H-pyrrole nitrogens is 1. The Morgan fingerprint density at radius 3 is 2.71 bits per heavy atom. The van der Waals surface area contributed by atoms with Gasteiger partial charge in [-0.25, -0.2) is 4.79 Å². The van der Waals surface area contributed by atoms with E-state index < -0.39 is 17.4 Å². The van der Waals surface area contributed by atoms with Crippen LogP contribution in [0.1, 0.15) is 31.0 Å². The van der Waals surface area contributed by atoms with Gasteiger partial charge in [-0.15, -0.1) is 0 Å². The Kier molecular flexibility index (Phi) is 3.32. The van der Waals surface area contributed by atoms with E-state index in [0.717, 1.165) is 31.9 Å². The summed E-state index contributed by atoms with van der Waals surface area (Å²) in [6.07, 6.45) is -1.90. The molecule has 1 N–H and O–H groups in total. The summed E-state index contributed by atoms with van der Waals surface area (Å²) >= 11 is 0. The van der Waals surface area contributed by atoms with Crippen LogP contribution in [-0.2, 0) is 6.18 Å². The van der Waals surface area contributed by atoms with Gasteiger partial charge in [-0.1, -0.05) is 6.07 Å². The highest BCUT2D eigenvalue weighted by atomic mass is 19.4. The lowest BCUT2D eigenvalue weighted by atomic mass is 10.1. The van der Waals surface area contributed by atoms with Crippen LogP contribution in [0.3, 0.4) is 0 Å². The first-order valence-corrected chi connectivity index (χ1v) is 6.90. The normalized spacial score (nSPS) is 21.0. The molecule has 2 aromatic rings. The number of halogens is 3. The highest BCUT2D eigenvalue weighted by molar-refractivity contribution is 5.79. The molecule has 7 heteroatoms. The molecule has 0 aliphatic carbocycles. The lowest BCUT2D eigenvalue weighted by Crippen LogP contribution is -2.37. The number of nitrogens with one attached hydrogen (secondary N) is 1. The van der Waals surface area contributed by atoms with E-state index in [1.807, 2.05) is 11.9 Å². The maximum Gasteiger partial charge on any atom is 0.418 e. The molecule has 1 aromatic carbocycles. The van der Waals surface area contributed by atoms with Crippen LogP contribution < -0.4 is 5.69 Å². The monoisotopic (exact) mass is 299 g/mol. The van der Waals surface area contributed by atoms with Crippen molar-refractivity contribution < 1.29 is 13.2 Å². The van der Waals surface area contributed by atoms with Gasteiger partial charge in [0.15, 0.2) is 0 Å². The van der Waals surface area contributed by atoms with Crippen molar-refractivity contribution in [2.75, 3.05) is 13.6 Å². The Morgan fingerprint density at radius 1 is 1.29 bits per heavy atom. The first kappa shape index (κ1) is 14.2. The van der Waals surface area contributed by atoms with Gasteiger partial charge in [0.25, 0.3) is 0 Å². The van der Waals surface area contributed by atoms with E-state index in [9.17, 15) is 18.0 Å². The summed E-state index contributed by atoms with van der Waals surface area (Å²) in [5.74, 6) is 0. The summed E-state index contributed by atoms with van der Waals surface area (Å²) in [6.45, 7) is 0.836. The number of alkyl halides is 3. The second-order valence-corrected chi connectivity index (χ2v) is 5.45. The number of rotatable bonds is 1. The van der Waals surface area contributed by atoms with Crippen LogP contribution in [0.4, 0.5) is 13.2 Å². The number of fused-ring (bicyclic) bond motifs is 1. The van der Waals surface area contributed by atoms with Gasteiger partial charge in [0.1, 0.15) is 0 Å². The number of likely N-dealkylation sites (tertiary alicyclic amines) is 1. The zero-order valence-corrected chi connectivity index (χ0v) is 11.6. The molecule has 1 aliphatic heterocycles. The van der Waals surface area contributed by atoms with E-state index in [1.165, 1.54) is 10.6 Å². The smallest absolute Gasteiger partial charge is 0.305 e. The van der Waals surface area contributed by atoms with E-state index in [4.69, 9.17) is 0 Å². The molecule has 0 amide bonds. The summed E-state index contributed by atoms with van der Waals surface area (Å²) < 4.78 is 40.6. The van der Waals surface area contributed by atoms with Crippen LogP contribution in [0.5, 0.6) is 0 Å². The fraction of sp³-hybridized carbons (Fsp3) is 0.500. The average molecular weight is 299 g/mol. The van der Waals surface area contributed by atoms with Crippen molar-refractivity contribution in [1.82, 2.24) is 14.5 Å². The zero-order valence-electron chi connectivity index (χ0n) is 11.6. The van der Waals surface area contributed by atoms with E-state index in [-0.39, 0.29) is 11.7 Å². The first-order valence-electron chi connectivity index (χ1n) is 6.90. The molecule has 0 bridgehead atoms. The van der Waals surface area contributed by atoms with Crippen molar-refractivity contribution in [1.29, 1.82) is 0 Å². The van der Waals surface area contributed by atoms with Crippen LogP contribution >= 0.6 is 0 Å². The van der Waals surface area contributed by atoms with Gasteiger partial charge in [-0.3, -0.25) is 9.47 Å². The highest BCUT2D eigenvalue weighted by Crippen LogP contribution is 2.35. The number of aromatic nitrogens is 2. The molecular weight excluding hydrogens is 283 g/mol. The molecule has 0 radical (unpaired) electrons. The van der Waals surface area contributed by atoms with Crippen molar-refractivity contribution in [2.24, 2.45) is 0 Å². The van der Waals surface area contributed by atoms with Crippen LogP contribution in [-0.4, -0.2) is 28.0 Å². The van der Waals surface area contributed by atoms with E-state index in [1.54, 1.807) is 6.07 Å². The molecule has 114 valence electrons. The Balaban J connectivity index is 2.21. The molecule has 3 rings (SSSR count). The summed E-state index contributed by atoms with van der Waals surface area (Å²) in [7, 11) is 1.89. The molecule has 2 heterocycles. The number of nitrogens with zero attached hydrogens (tertiary/aromatic N) is 2. The topological polar surface area (TPSA) is 41.0 Å². The van der Waals surface area contributed by atoms with Crippen LogP contribution in [0, 0.1) is 0 Å². The molecular formula is C14H16F3N3O. The van der Waals surface area contributed by atoms with Gasteiger partial charge in [0.2, 0.25) is 0 Å². The Hall–Kier alpha value is -1.76. The SMILES string of the molecule is CN1CCCCC1n1c(=O)[nH]c2c(C(F)(F)F)cccc21. The van der Waals surface area contributed by atoms with Gasteiger partial charge in [0, 0.05) is 0 Å². The number of benzene rings is 1. The Morgan fingerprint density at radius 2 is 2.05 bits per heavy atom. The van der Waals surface area contributed by atoms with Gasteiger partial charge in [-0.05, 0) is 45.0 Å². The van der Waals surface area contributed by atoms with Crippen molar-refractivity contribution in [2.45, 2.75) is 31.6 Å². The third-order valence-corrected chi connectivity index (χ3v) is 4.09. The third-order valence-electron chi connectivity index (χ3n) is 4.09. The minimum absolute atomic E-state index is 0.131. The molecule has 1 aromatic heterocycles. The minimum atomic E-state index is -4.48. The quantitative estimate of drug-likeness (QED) is 0.879. The Labute approximate surface area is 119 Å². The third kappa shape index (κ3) is 2.35. The molecule has 1 atom stereocenters. The first-order chi connectivity index (χ1) is 9.89. The van der Waals surface area contributed by atoms with E-state index in [2.05, 4.69) is 4.98 Å². The molecule has 4 nitrogen and oxygen atoms in total. The van der Waals surface area contributed by atoms with E-state index in [0.29, 0.717) is 5.52 Å².